The molecule has 0 aliphatic carbocycles. The summed E-state index contributed by atoms with van der Waals surface area (Å²) in [5.41, 5.74) is 0.455. The lowest BCUT2D eigenvalue weighted by atomic mass is 9.95. The number of nitro benzene ring substituents is 1. The van der Waals surface area contributed by atoms with Gasteiger partial charge in [-0.15, -0.1) is 0 Å². The highest BCUT2D eigenvalue weighted by atomic mass is 16.6. The van der Waals surface area contributed by atoms with Gasteiger partial charge in [-0.3, -0.25) is 24.7 Å². The molecule has 1 fully saturated rings. The average molecular weight is 381 g/mol. The highest BCUT2D eigenvalue weighted by molar-refractivity contribution is 6.46. The van der Waals surface area contributed by atoms with Crippen molar-refractivity contribution in [3.05, 3.63) is 75.6 Å². The van der Waals surface area contributed by atoms with Crippen LogP contribution in [0.15, 0.2) is 54.4 Å². The van der Waals surface area contributed by atoms with E-state index in [1.807, 2.05) is 6.92 Å². The molecule has 1 unspecified atom stereocenters. The molecule has 8 nitrogen and oxygen atoms in total. The van der Waals surface area contributed by atoms with E-state index in [0.29, 0.717) is 18.5 Å². The van der Waals surface area contributed by atoms with E-state index < -0.39 is 28.4 Å². The number of pyridine rings is 1. The van der Waals surface area contributed by atoms with Gasteiger partial charge in [0.1, 0.15) is 5.76 Å². The van der Waals surface area contributed by atoms with E-state index in [0.717, 1.165) is 6.42 Å². The van der Waals surface area contributed by atoms with Gasteiger partial charge in [0.05, 0.1) is 16.5 Å². The number of hydrogen-bond acceptors (Lipinski definition) is 6. The molecule has 1 aromatic carbocycles. The lowest BCUT2D eigenvalue weighted by molar-refractivity contribution is -0.384. The van der Waals surface area contributed by atoms with Gasteiger partial charge >= 0.3 is 0 Å². The highest BCUT2D eigenvalue weighted by Gasteiger charge is 2.45. The predicted molar refractivity (Wildman–Crippen MR) is 101 cm³/mol. The van der Waals surface area contributed by atoms with Gasteiger partial charge in [0.25, 0.3) is 17.4 Å². The van der Waals surface area contributed by atoms with E-state index in [1.165, 1.54) is 29.2 Å². The number of benzene rings is 1. The van der Waals surface area contributed by atoms with Gasteiger partial charge in [-0.25, -0.2) is 0 Å². The molecule has 1 atom stereocenters. The van der Waals surface area contributed by atoms with Crippen molar-refractivity contribution in [1.82, 2.24) is 9.88 Å². The second-order valence-corrected chi connectivity index (χ2v) is 6.43. The van der Waals surface area contributed by atoms with Gasteiger partial charge in [-0.1, -0.05) is 25.5 Å². The lowest BCUT2D eigenvalue weighted by Gasteiger charge is -2.25. The number of nitro groups is 1. The molecule has 3 rings (SSSR count). The van der Waals surface area contributed by atoms with Crippen molar-refractivity contribution in [3.8, 4) is 0 Å². The number of Topliss-reactive ketones (excluding diaryl/α,β-unsaturated/α-hetero) is 1. The van der Waals surface area contributed by atoms with Crippen LogP contribution in [-0.4, -0.2) is 38.1 Å². The summed E-state index contributed by atoms with van der Waals surface area (Å²) in [7, 11) is 0. The third kappa shape index (κ3) is 3.48. The summed E-state index contributed by atoms with van der Waals surface area (Å²) in [5, 5.41) is 21.9. The Morgan fingerprint density at radius 2 is 1.96 bits per heavy atom. The van der Waals surface area contributed by atoms with Crippen molar-refractivity contribution in [2.75, 3.05) is 6.54 Å². The zero-order chi connectivity index (χ0) is 20.3. The lowest BCUT2D eigenvalue weighted by Crippen LogP contribution is -2.30. The molecule has 1 aromatic heterocycles. The van der Waals surface area contributed by atoms with Crippen molar-refractivity contribution < 1.29 is 19.6 Å². The number of aromatic nitrogens is 1. The fourth-order valence-corrected chi connectivity index (χ4v) is 3.25. The van der Waals surface area contributed by atoms with Gasteiger partial charge in [-0.05, 0) is 24.1 Å². The van der Waals surface area contributed by atoms with Crippen LogP contribution < -0.4 is 0 Å². The Balaban J connectivity index is 2.16. The van der Waals surface area contributed by atoms with Gasteiger partial charge < -0.3 is 10.0 Å². The van der Waals surface area contributed by atoms with Crippen LogP contribution in [0.1, 0.15) is 36.9 Å². The third-order valence-corrected chi connectivity index (χ3v) is 4.64. The minimum absolute atomic E-state index is 0.0761. The third-order valence-electron chi connectivity index (χ3n) is 4.64. The molecule has 0 saturated carbocycles. The molecule has 1 amide bonds. The minimum atomic E-state index is -0.804. The first-order valence-electron chi connectivity index (χ1n) is 8.88. The molecule has 1 N–H and O–H groups in total. The highest BCUT2D eigenvalue weighted by Crippen LogP contribution is 2.39. The van der Waals surface area contributed by atoms with Crippen LogP contribution in [0.25, 0.3) is 5.76 Å². The first kappa shape index (κ1) is 19.2. The van der Waals surface area contributed by atoms with E-state index in [2.05, 4.69) is 4.98 Å². The molecular formula is C20H19N3O5. The number of carbonyl (C=O) groups excluding carboxylic acids is 2. The van der Waals surface area contributed by atoms with Crippen LogP contribution in [0.4, 0.5) is 5.69 Å². The molecule has 2 aromatic rings. The van der Waals surface area contributed by atoms with E-state index in [-0.39, 0.29) is 16.8 Å². The molecule has 0 bridgehead atoms. The number of ketones is 1. The Morgan fingerprint density at radius 1 is 1.25 bits per heavy atom. The number of nitrogens with zero attached hydrogens (tertiary/aromatic N) is 3. The number of likely N-dealkylation sites (tertiary alicyclic amines) is 1. The van der Waals surface area contributed by atoms with Crippen molar-refractivity contribution in [2.45, 2.75) is 25.8 Å². The predicted octanol–water partition coefficient (Wildman–Crippen LogP) is 3.21. The summed E-state index contributed by atoms with van der Waals surface area (Å²) in [6.45, 7) is 2.33. The molecular weight excluding hydrogens is 362 g/mol. The zero-order valence-corrected chi connectivity index (χ0v) is 15.2. The van der Waals surface area contributed by atoms with Crippen LogP contribution in [0.5, 0.6) is 0 Å². The number of unbranched alkanes of at least 4 members (excludes halogenated alkanes) is 1. The average Bonchev–Trinajstić information content (AvgIpc) is 2.97. The van der Waals surface area contributed by atoms with Crippen molar-refractivity contribution in [2.24, 2.45) is 0 Å². The molecule has 2 heterocycles. The Hall–Kier alpha value is -3.55. The standard InChI is InChI=1S/C20H19N3O5/c1-2-3-11-22-17(13-7-9-21-10-8-13)16(19(25)20(22)26)18(24)14-5-4-6-15(12-14)23(27)28/h4-10,12,17,24H,2-3,11H2,1H3/b18-16-. The molecule has 0 radical (unpaired) electrons. The maximum absolute atomic E-state index is 12.7. The van der Waals surface area contributed by atoms with E-state index in [4.69, 9.17) is 0 Å². The summed E-state index contributed by atoms with van der Waals surface area (Å²) < 4.78 is 0. The largest absolute Gasteiger partial charge is 0.507 e. The number of non-ortho nitro benzene ring substituents is 1. The quantitative estimate of drug-likeness (QED) is 0.270. The molecule has 1 aliphatic heterocycles. The number of aliphatic hydroxyl groups excluding tert-OH is 1. The number of carbonyl (C=O) groups is 2. The number of rotatable bonds is 6. The molecule has 0 spiro atoms. The maximum atomic E-state index is 12.7. The SMILES string of the molecule is CCCCN1C(=O)C(=O)/C(=C(\O)c2cccc([N+](=O)[O-])c2)C1c1ccncc1. The van der Waals surface area contributed by atoms with E-state index >= 15 is 0 Å². The van der Waals surface area contributed by atoms with Crippen molar-refractivity contribution in [3.63, 3.8) is 0 Å². The van der Waals surface area contributed by atoms with Gasteiger partial charge in [0, 0.05) is 36.6 Å². The summed E-state index contributed by atoms with van der Waals surface area (Å²) >= 11 is 0. The van der Waals surface area contributed by atoms with Crippen LogP contribution in [0, 0.1) is 10.1 Å². The first-order valence-corrected chi connectivity index (χ1v) is 8.88. The summed E-state index contributed by atoms with van der Waals surface area (Å²) in [6.07, 6.45) is 4.62. The van der Waals surface area contributed by atoms with Crippen LogP contribution in [0.2, 0.25) is 0 Å². The van der Waals surface area contributed by atoms with Gasteiger partial charge in [0.15, 0.2) is 0 Å². The molecule has 28 heavy (non-hydrogen) atoms. The smallest absolute Gasteiger partial charge is 0.295 e. The van der Waals surface area contributed by atoms with Crippen LogP contribution >= 0.6 is 0 Å². The normalized spacial score (nSPS) is 18.5. The molecule has 144 valence electrons. The second kappa shape index (κ2) is 7.99. The van der Waals surface area contributed by atoms with Crippen molar-refractivity contribution in [1.29, 1.82) is 0 Å². The number of hydrogen-bond donors (Lipinski definition) is 1. The monoisotopic (exact) mass is 381 g/mol. The first-order chi connectivity index (χ1) is 13.5. The van der Waals surface area contributed by atoms with Gasteiger partial charge in [0.2, 0.25) is 0 Å². The summed E-state index contributed by atoms with van der Waals surface area (Å²) in [6, 6.07) is 7.93. The Kier molecular flexibility index (Phi) is 5.49. The molecule has 1 aliphatic rings. The Morgan fingerprint density at radius 3 is 2.61 bits per heavy atom. The van der Waals surface area contributed by atoms with Crippen LogP contribution in [0.3, 0.4) is 0 Å². The summed E-state index contributed by atoms with van der Waals surface area (Å²) in [4.78, 5) is 41.2. The van der Waals surface area contributed by atoms with Crippen molar-refractivity contribution >= 4 is 23.1 Å². The number of aliphatic hydroxyl groups is 1. The minimum Gasteiger partial charge on any atom is -0.507 e. The number of amides is 1. The van der Waals surface area contributed by atoms with Crippen LogP contribution in [-0.2, 0) is 9.59 Å². The maximum Gasteiger partial charge on any atom is 0.295 e. The summed E-state index contributed by atoms with van der Waals surface area (Å²) in [5.74, 6) is -1.92. The Bertz CT molecular complexity index is 955. The topological polar surface area (TPSA) is 114 Å². The fraction of sp³-hybridized carbons (Fsp3) is 0.250. The second-order valence-electron chi connectivity index (χ2n) is 6.43. The molecule has 8 heteroatoms. The Labute approximate surface area is 161 Å². The van der Waals surface area contributed by atoms with E-state index in [9.17, 15) is 24.8 Å². The van der Waals surface area contributed by atoms with E-state index in [1.54, 1.807) is 24.5 Å². The zero-order valence-electron chi connectivity index (χ0n) is 15.2. The molecule has 1 saturated heterocycles. The fourth-order valence-electron chi connectivity index (χ4n) is 3.25. The van der Waals surface area contributed by atoms with Gasteiger partial charge in [-0.2, -0.15) is 0 Å².